The molecule has 0 bridgehead atoms. The smallest absolute Gasteiger partial charge is 0.147 e. The fourth-order valence-electron chi connectivity index (χ4n) is 6.98. The summed E-state index contributed by atoms with van der Waals surface area (Å²) in [5.74, 6) is 0. The van der Waals surface area contributed by atoms with Crippen LogP contribution in [0.4, 0.5) is 0 Å². The largest absolute Gasteiger partial charge is 0.147 e. The van der Waals surface area contributed by atoms with Crippen LogP contribution in [-0.4, -0.2) is 6.88 Å². The van der Waals surface area contributed by atoms with Gasteiger partial charge in [0.25, 0.3) is 0 Å². The van der Waals surface area contributed by atoms with Crippen LogP contribution >= 0.6 is 24.8 Å². The van der Waals surface area contributed by atoms with Gasteiger partial charge in [0.15, 0.2) is 0 Å². The maximum Gasteiger partial charge on any atom is -0.147 e. The van der Waals surface area contributed by atoms with Crippen molar-refractivity contribution < 1.29 is 17.4 Å². The molecule has 1 atom stereocenters. The van der Waals surface area contributed by atoms with E-state index in [2.05, 4.69) is 128 Å². The molecule has 6 rings (SSSR count). The molecule has 4 aromatic rings. The van der Waals surface area contributed by atoms with E-state index in [9.17, 15) is 0 Å². The Hall–Kier alpha value is -1.70. The quantitative estimate of drug-likeness (QED) is 0.222. The third-order valence-electron chi connectivity index (χ3n) is 8.19. The predicted octanol–water partition coefficient (Wildman–Crippen LogP) is 7.37. The molecule has 0 heterocycles. The Labute approximate surface area is 217 Å². The van der Waals surface area contributed by atoms with Crippen molar-refractivity contribution >= 4 is 41.0 Å². The van der Waals surface area contributed by atoms with Crippen molar-refractivity contribution in [2.75, 3.05) is 0 Å². The SMILES string of the molecule is CC1=Cc2ccccc2[CH]1[Zr]([CH3])(=[SiH2])([c]1ccccc1)[CH]1c2ccccc2-c2ccccc21.Cl.Cl. The minimum absolute atomic E-state index is 0. The van der Waals surface area contributed by atoms with Gasteiger partial charge in [-0.05, 0) is 0 Å². The van der Waals surface area contributed by atoms with E-state index in [1.807, 2.05) is 0 Å². The molecule has 0 aliphatic heterocycles. The molecule has 0 nitrogen and oxygen atoms in total. The molecule has 0 saturated heterocycles. The Morgan fingerprint density at radius 1 is 0.588 bits per heavy atom. The first-order valence-corrected chi connectivity index (χ1v) is 24.0. The summed E-state index contributed by atoms with van der Waals surface area (Å²) in [5, 5.41) is 0. The number of halogens is 2. The first kappa shape index (κ1) is 25.4. The molecule has 172 valence electrons. The number of rotatable bonds is 3. The fraction of sp³-hybridized carbons (Fsp3) is 0.133. The van der Waals surface area contributed by atoms with Crippen LogP contribution in [0.15, 0.2) is 109 Å². The summed E-state index contributed by atoms with van der Waals surface area (Å²) in [6, 6.07) is 39.1. The number of allylic oxidation sites excluding steroid dienone is 1. The number of hydrogen-bond acceptors (Lipinski definition) is 0. The molecular weight excluding hydrogens is 551 g/mol. The zero-order valence-corrected chi connectivity index (χ0v) is 25.1. The molecule has 0 aromatic heterocycles. The standard InChI is InChI=1S/C13H9.C10H9.C6H5.CH3.2ClH.H2Si.Zr/c1-3-7-12-10(5-1)9-11-6-2-4-8-13(11)12;1-8-6-9-4-2-3-5-10(9)7-8;1-2-4-6-5-3-1;;;;;/h1-9H;2-7H,1H3;1-5H;1H3;2*1H;1H2;. The topological polar surface area (TPSA) is 0 Å². The molecular formula is C30H30Cl2SiZr. The van der Waals surface area contributed by atoms with Gasteiger partial charge >= 0.3 is 195 Å². The summed E-state index contributed by atoms with van der Waals surface area (Å²) in [7, 11) is 0. The summed E-state index contributed by atoms with van der Waals surface area (Å²) < 4.78 is 5.31. The first-order chi connectivity index (χ1) is 15.5. The molecule has 2 aliphatic rings. The van der Waals surface area contributed by atoms with E-state index in [-0.39, 0.29) is 24.8 Å². The van der Waals surface area contributed by atoms with Crippen molar-refractivity contribution in [3.05, 3.63) is 131 Å². The maximum atomic E-state index is 2.74. The molecule has 0 spiro atoms. The van der Waals surface area contributed by atoms with Crippen molar-refractivity contribution in [3.8, 4) is 11.1 Å². The Morgan fingerprint density at radius 2 is 1.06 bits per heavy atom. The maximum absolute atomic E-state index is 3.87. The first-order valence-electron chi connectivity index (χ1n) is 11.6. The van der Waals surface area contributed by atoms with Crippen LogP contribution in [0, 0.1) is 0 Å². The molecule has 0 amide bonds. The van der Waals surface area contributed by atoms with Crippen LogP contribution in [-0.2, 0) is 17.4 Å². The molecule has 34 heavy (non-hydrogen) atoms. The molecule has 0 radical (unpaired) electrons. The van der Waals surface area contributed by atoms with Crippen LogP contribution in [0.3, 0.4) is 0 Å². The van der Waals surface area contributed by atoms with E-state index in [1.54, 1.807) is 14.4 Å². The van der Waals surface area contributed by atoms with E-state index in [0.29, 0.717) is 7.25 Å². The van der Waals surface area contributed by atoms with Crippen LogP contribution in [0.25, 0.3) is 17.2 Å². The predicted molar refractivity (Wildman–Crippen MR) is 152 cm³/mol. The van der Waals surface area contributed by atoms with Gasteiger partial charge in [0.2, 0.25) is 0 Å². The van der Waals surface area contributed by atoms with Crippen molar-refractivity contribution in [1.29, 1.82) is 0 Å². The Kier molecular flexibility index (Phi) is 6.77. The number of hydrogen-bond donors (Lipinski definition) is 0. The summed E-state index contributed by atoms with van der Waals surface area (Å²) >= 11 is -3.87. The van der Waals surface area contributed by atoms with E-state index >= 15 is 0 Å². The van der Waals surface area contributed by atoms with E-state index in [0.717, 1.165) is 0 Å². The van der Waals surface area contributed by atoms with Gasteiger partial charge < -0.3 is 0 Å². The summed E-state index contributed by atoms with van der Waals surface area (Å²) in [6.07, 6.45) is 2.46. The zero-order valence-electron chi connectivity index (χ0n) is 19.6. The van der Waals surface area contributed by atoms with Gasteiger partial charge in [0.1, 0.15) is 0 Å². The summed E-state index contributed by atoms with van der Waals surface area (Å²) in [6.45, 7) is 4.80. The van der Waals surface area contributed by atoms with Crippen molar-refractivity contribution in [2.45, 2.75) is 18.8 Å². The molecule has 0 saturated carbocycles. The van der Waals surface area contributed by atoms with Crippen LogP contribution in [0.5, 0.6) is 0 Å². The van der Waals surface area contributed by atoms with E-state index < -0.39 is 17.4 Å². The number of fused-ring (bicyclic) bond motifs is 4. The van der Waals surface area contributed by atoms with Crippen molar-refractivity contribution in [1.82, 2.24) is 0 Å². The minimum atomic E-state index is -3.87. The Bertz CT molecular complexity index is 1430. The average Bonchev–Trinajstić information content (AvgIpc) is 3.35. The van der Waals surface area contributed by atoms with Gasteiger partial charge in [-0.2, -0.15) is 0 Å². The van der Waals surface area contributed by atoms with Gasteiger partial charge in [-0.25, -0.2) is 0 Å². The third kappa shape index (κ3) is 3.41. The van der Waals surface area contributed by atoms with Gasteiger partial charge in [0.05, 0.1) is 0 Å². The average molecular weight is 581 g/mol. The van der Waals surface area contributed by atoms with Crippen LogP contribution in [0.1, 0.15) is 36.4 Å². The molecule has 4 heteroatoms. The second kappa shape index (κ2) is 9.07. The van der Waals surface area contributed by atoms with Gasteiger partial charge in [-0.3, -0.25) is 0 Å². The molecule has 0 fully saturated rings. The number of benzene rings is 4. The van der Waals surface area contributed by atoms with E-state index in [4.69, 9.17) is 0 Å². The molecule has 2 aliphatic carbocycles. The Balaban J connectivity index is 0.00000137. The monoisotopic (exact) mass is 578 g/mol. The second-order valence-corrected chi connectivity index (χ2v) is 36.4. The van der Waals surface area contributed by atoms with Crippen LogP contribution < -0.4 is 3.27 Å². The minimum Gasteiger partial charge on any atom is -0.147 e. The summed E-state index contributed by atoms with van der Waals surface area (Å²) in [4.78, 5) is 0. The zero-order chi connectivity index (χ0) is 21.9. The molecule has 4 aromatic carbocycles. The van der Waals surface area contributed by atoms with E-state index in [1.165, 1.54) is 27.8 Å². The normalized spacial score (nSPS) is 16.4. The van der Waals surface area contributed by atoms with Gasteiger partial charge in [-0.1, -0.05) is 0 Å². The molecule has 0 N–H and O–H groups in total. The van der Waals surface area contributed by atoms with Crippen molar-refractivity contribution in [3.63, 3.8) is 0 Å². The van der Waals surface area contributed by atoms with Crippen LogP contribution in [0.2, 0.25) is 4.63 Å². The second-order valence-electron chi connectivity index (χ2n) is 10.1. The summed E-state index contributed by atoms with van der Waals surface area (Å²) in [5.41, 5.74) is 10.4. The molecule has 1 unspecified atom stereocenters. The van der Waals surface area contributed by atoms with Gasteiger partial charge in [0, 0.05) is 0 Å². The fourth-order valence-corrected chi connectivity index (χ4v) is 31.1. The van der Waals surface area contributed by atoms with Crippen molar-refractivity contribution in [2.24, 2.45) is 0 Å². The van der Waals surface area contributed by atoms with Gasteiger partial charge in [-0.15, -0.1) is 24.8 Å². The Morgan fingerprint density at radius 3 is 1.65 bits per heavy atom. The third-order valence-corrected chi connectivity index (χ3v) is 31.6.